The molecule has 0 aliphatic carbocycles. The minimum atomic E-state index is -0.101. The highest BCUT2D eigenvalue weighted by atomic mass is 16.5. The van der Waals surface area contributed by atoms with Crippen LogP contribution < -0.4 is 20.7 Å². The van der Waals surface area contributed by atoms with Crippen LogP contribution in [0.4, 0.5) is 10.5 Å². The molecule has 1 aromatic rings. The van der Waals surface area contributed by atoms with Crippen molar-refractivity contribution in [1.82, 2.24) is 5.32 Å². The molecule has 0 atom stereocenters. The number of hydrogen-bond acceptors (Lipinski definition) is 3. The molecule has 1 aromatic carbocycles. The number of ether oxygens (including phenoxy) is 1. The summed E-state index contributed by atoms with van der Waals surface area (Å²) in [5.74, 6) is 0.772. The van der Waals surface area contributed by atoms with Gasteiger partial charge in [0.1, 0.15) is 5.75 Å². The molecule has 0 aromatic heterocycles. The first-order valence-corrected chi connectivity index (χ1v) is 6.12. The van der Waals surface area contributed by atoms with E-state index < -0.39 is 0 Å². The van der Waals surface area contributed by atoms with Gasteiger partial charge in [-0.3, -0.25) is 4.90 Å². The zero-order valence-electron chi connectivity index (χ0n) is 11.0. The summed E-state index contributed by atoms with van der Waals surface area (Å²) in [6, 6.07) is 7.31. The highest BCUT2D eigenvalue weighted by molar-refractivity contribution is 5.91. The van der Waals surface area contributed by atoms with Crippen LogP contribution in [0.1, 0.15) is 13.3 Å². The normalized spacial score (nSPS) is 9.94. The summed E-state index contributed by atoms with van der Waals surface area (Å²) in [5, 5.41) is 2.80. The van der Waals surface area contributed by atoms with Gasteiger partial charge in [0.25, 0.3) is 0 Å². The quantitative estimate of drug-likeness (QED) is 0.806. The summed E-state index contributed by atoms with van der Waals surface area (Å²) in [6.45, 7) is 3.67. The van der Waals surface area contributed by atoms with E-state index in [9.17, 15) is 4.79 Å². The van der Waals surface area contributed by atoms with Crippen molar-refractivity contribution in [2.45, 2.75) is 13.3 Å². The maximum absolute atomic E-state index is 11.9. The first kappa shape index (κ1) is 14.3. The van der Waals surface area contributed by atoms with Crippen LogP contribution in [-0.4, -0.2) is 32.8 Å². The molecule has 18 heavy (non-hydrogen) atoms. The van der Waals surface area contributed by atoms with Gasteiger partial charge in [0, 0.05) is 18.8 Å². The molecule has 100 valence electrons. The van der Waals surface area contributed by atoms with E-state index in [0.717, 1.165) is 17.9 Å². The lowest BCUT2D eigenvalue weighted by atomic mass is 10.2. The Balaban J connectivity index is 2.82. The van der Waals surface area contributed by atoms with E-state index in [1.165, 1.54) is 0 Å². The number of nitrogens with zero attached hydrogens (tertiary/aromatic N) is 1. The molecule has 0 aliphatic heterocycles. The molecule has 0 saturated carbocycles. The summed E-state index contributed by atoms with van der Waals surface area (Å²) < 4.78 is 5.10. The molecule has 0 spiro atoms. The van der Waals surface area contributed by atoms with Gasteiger partial charge >= 0.3 is 6.03 Å². The van der Waals surface area contributed by atoms with Crippen LogP contribution in [0.15, 0.2) is 24.3 Å². The Morgan fingerprint density at radius 2 is 2.06 bits per heavy atom. The molecule has 0 saturated heterocycles. The number of anilines is 1. The molecular weight excluding hydrogens is 230 g/mol. The Hall–Kier alpha value is -1.75. The van der Waals surface area contributed by atoms with Gasteiger partial charge in [-0.2, -0.15) is 0 Å². The number of benzene rings is 1. The van der Waals surface area contributed by atoms with Crippen molar-refractivity contribution >= 4 is 11.7 Å². The van der Waals surface area contributed by atoms with Crippen molar-refractivity contribution < 1.29 is 9.53 Å². The maximum Gasteiger partial charge on any atom is 0.321 e. The van der Waals surface area contributed by atoms with Crippen molar-refractivity contribution in [2.24, 2.45) is 5.73 Å². The number of nitrogens with two attached hydrogens (primary N) is 1. The molecule has 0 radical (unpaired) electrons. The highest BCUT2D eigenvalue weighted by Crippen LogP contribution is 2.19. The highest BCUT2D eigenvalue weighted by Gasteiger charge is 2.14. The largest absolute Gasteiger partial charge is 0.497 e. The molecule has 5 nitrogen and oxygen atoms in total. The average Bonchev–Trinajstić information content (AvgIpc) is 2.40. The molecule has 5 heteroatoms. The van der Waals surface area contributed by atoms with E-state index in [4.69, 9.17) is 10.5 Å². The summed E-state index contributed by atoms with van der Waals surface area (Å²) >= 11 is 0. The second-order valence-electron chi connectivity index (χ2n) is 3.83. The van der Waals surface area contributed by atoms with E-state index in [-0.39, 0.29) is 6.03 Å². The van der Waals surface area contributed by atoms with Gasteiger partial charge in [0.05, 0.1) is 7.11 Å². The molecular formula is C13H21N3O2. The van der Waals surface area contributed by atoms with Gasteiger partial charge in [0.15, 0.2) is 0 Å². The van der Waals surface area contributed by atoms with Gasteiger partial charge in [-0.15, -0.1) is 0 Å². The van der Waals surface area contributed by atoms with Crippen LogP contribution in [0.3, 0.4) is 0 Å². The number of carbonyl (C=O) groups excluding carboxylic acids is 1. The van der Waals surface area contributed by atoms with Crippen LogP contribution >= 0.6 is 0 Å². The van der Waals surface area contributed by atoms with Gasteiger partial charge in [-0.25, -0.2) is 4.79 Å². The molecule has 0 heterocycles. The Morgan fingerprint density at radius 1 is 1.39 bits per heavy atom. The van der Waals surface area contributed by atoms with Gasteiger partial charge in [0.2, 0.25) is 0 Å². The molecule has 0 bridgehead atoms. The van der Waals surface area contributed by atoms with Crippen molar-refractivity contribution in [3.63, 3.8) is 0 Å². The number of urea groups is 1. The van der Waals surface area contributed by atoms with Crippen molar-refractivity contribution in [3.8, 4) is 5.75 Å². The topological polar surface area (TPSA) is 67.6 Å². The standard InChI is InChI=1S/C13H21N3O2/c1-3-15-13(17)16(10-4-9-14)11-5-7-12(18-2)8-6-11/h5-8H,3-4,9-10,14H2,1-2H3,(H,15,17). The van der Waals surface area contributed by atoms with Crippen LogP contribution in [-0.2, 0) is 0 Å². The van der Waals surface area contributed by atoms with E-state index in [1.54, 1.807) is 12.0 Å². The number of methoxy groups -OCH3 is 1. The minimum Gasteiger partial charge on any atom is -0.497 e. The fourth-order valence-corrected chi connectivity index (χ4v) is 1.61. The predicted molar refractivity (Wildman–Crippen MR) is 73.1 cm³/mol. The lowest BCUT2D eigenvalue weighted by molar-refractivity contribution is 0.246. The average molecular weight is 251 g/mol. The van der Waals surface area contributed by atoms with Gasteiger partial charge in [-0.1, -0.05) is 0 Å². The third-order valence-corrected chi connectivity index (χ3v) is 2.54. The van der Waals surface area contributed by atoms with Crippen molar-refractivity contribution in [2.75, 3.05) is 31.6 Å². The Morgan fingerprint density at radius 3 is 2.56 bits per heavy atom. The van der Waals surface area contributed by atoms with Gasteiger partial charge in [-0.05, 0) is 44.2 Å². The maximum atomic E-state index is 11.9. The summed E-state index contributed by atoms with van der Waals surface area (Å²) in [6.07, 6.45) is 0.767. The number of hydrogen-bond donors (Lipinski definition) is 2. The van der Waals surface area contributed by atoms with Crippen molar-refractivity contribution in [1.29, 1.82) is 0 Å². The molecule has 0 unspecified atom stereocenters. The molecule has 0 fully saturated rings. The molecule has 3 N–H and O–H groups in total. The Bertz CT molecular complexity index is 365. The molecule has 2 amide bonds. The lowest BCUT2D eigenvalue weighted by Gasteiger charge is -2.23. The van der Waals surface area contributed by atoms with Crippen molar-refractivity contribution in [3.05, 3.63) is 24.3 Å². The third kappa shape index (κ3) is 3.92. The third-order valence-electron chi connectivity index (χ3n) is 2.54. The summed E-state index contributed by atoms with van der Waals surface area (Å²) in [5.41, 5.74) is 6.34. The number of rotatable bonds is 6. The van der Waals surface area contributed by atoms with Crippen LogP contribution in [0, 0.1) is 0 Å². The second kappa shape index (κ2) is 7.55. The predicted octanol–water partition coefficient (Wildman–Crippen LogP) is 1.58. The molecule has 0 aliphatic rings. The van der Waals surface area contributed by atoms with Gasteiger partial charge < -0.3 is 15.8 Å². The summed E-state index contributed by atoms with van der Waals surface area (Å²) in [7, 11) is 1.62. The van der Waals surface area contributed by atoms with Crippen LogP contribution in [0.2, 0.25) is 0 Å². The van der Waals surface area contributed by atoms with Crippen LogP contribution in [0.5, 0.6) is 5.75 Å². The zero-order chi connectivity index (χ0) is 13.4. The fraction of sp³-hybridized carbons (Fsp3) is 0.462. The lowest BCUT2D eigenvalue weighted by Crippen LogP contribution is -2.41. The number of nitrogens with one attached hydrogen (secondary N) is 1. The van der Waals surface area contributed by atoms with E-state index in [0.29, 0.717) is 19.6 Å². The first-order chi connectivity index (χ1) is 8.72. The van der Waals surface area contributed by atoms with E-state index in [2.05, 4.69) is 5.32 Å². The van der Waals surface area contributed by atoms with E-state index in [1.807, 2.05) is 31.2 Å². The number of carbonyl (C=O) groups is 1. The Labute approximate surface area is 108 Å². The first-order valence-electron chi connectivity index (χ1n) is 6.12. The monoisotopic (exact) mass is 251 g/mol. The van der Waals surface area contributed by atoms with Crippen LogP contribution in [0.25, 0.3) is 0 Å². The number of amides is 2. The summed E-state index contributed by atoms with van der Waals surface area (Å²) in [4.78, 5) is 13.6. The zero-order valence-corrected chi connectivity index (χ0v) is 11.0. The minimum absolute atomic E-state index is 0.101. The smallest absolute Gasteiger partial charge is 0.321 e. The molecule has 1 rings (SSSR count). The SMILES string of the molecule is CCNC(=O)N(CCCN)c1ccc(OC)cc1. The van der Waals surface area contributed by atoms with E-state index >= 15 is 0 Å². The Kier molecular flexibility index (Phi) is 6.00. The fourth-order valence-electron chi connectivity index (χ4n) is 1.61. The second-order valence-corrected chi connectivity index (χ2v) is 3.83.